The number of aryl methyl sites for hydroxylation is 1. The average molecular weight is 437 g/mol. The maximum atomic E-state index is 6.30. The molecule has 27 heavy (non-hydrogen) atoms. The van der Waals surface area contributed by atoms with E-state index in [0.29, 0.717) is 35.7 Å². The molecule has 0 fully saturated rings. The van der Waals surface area contributed by atoms with E-state index in [4.69, 9.17) is 49.1 Å². The topological polar surface area (TPSA) is 39.7 Å². The van der Waals surface area contributed by atoms with Crippen molar-refractivity contribution in [2.75, 3.05) is 19.8 Å². The number of rotatable bonds is 12. The Morgan fingerprint density at radius 3 is 2.48 bits per heavy atom. The van der Waals surface area contributed by atoms with Crippen LogP contribution in [0.4, 0.5) is 0 Å². The number of ether oxygens (including phenoxy) is 2. The smallest absolute Gasteiger partial charge is 0.141 e. The Morgan fingerprint density at radius 2 is 1.85 bits per heavy atom. The second-order valence-electron chi connectivity index (χ2n) is 6.46. The van der Waals surface area contributed by atoms with Gasteiger partial charge in [0.15, 0.2) is 0 Å². The van der Waals surface area contributed by atoms with E-state index in [0.717, 1.165) is 24.1 Å². The SMILES string of the molecule is CC(=CC(C)C)NOCCCCOc1c(C)cc(OCC=C(Cl)Cl)cc1Cl. The summed E-state index contributed by atoms with van der Waals surface area (Å²) in [5.41, 5.74) is 4.87. The van der Waals surface area contributed by atoms with Crippen LogP contribution in [-0.4, -0.2) is 19.8 Å². The van der Waals surface area contributed by atoms with Crippen LogP contribution in [0.15, 0.2) is 34.5 Å². The number of unbranched alkanes of at least 4 members (excludes halogenated alkanes) is 1. The maximum Gasteiger partial charge on any atom is 0.141 e. The minimum absolute atomic E-state index is 0.169. The van der Waals surface area contributed by atoms with Gasteiger partial charge in [-0.2, -0.15) is 0 Å². The Morgan fingerprint density at radius 1 is 1.15 bits per heavy atom. The van der Waals surface area contributed by atoms with Crippen LogP contribution in [-0.2, 0) is 4.84 Å². The number of hydrogen-bond donors (Lipinski definition) is 1. The van der Waals surface area contributed by atoms with Crippen LogP contribution >= 0.6 is 34.8 Å². The second kappa shape index (κ2) is 13.2. The van der Waals surface area contributed by atoms with Gasteiger partial charge in [0.2, 0.25) is 0 Å². The minimum Gasteiger partial charge on any atom is -0.492 e. The largest absolute Gasteiger partial charge is 0.492 e. The molecule has 0 atom stereocenters. The van der Waals surface area contributed by atoms with Gasteiger partial charge in [-0.1, -0.05) is 54.7 Å². The van der Waals surface area contributed by atoms with Gasteiger partial charge >= 0.3 is 0 Å². The molecule has 0 aliphatic heterocycles. The maximum absolute atomic E-state index is 6.30. The van der Waals surface area contributed by atoms with Crippen molar-refractivity contribution in [3.05, 3.63) is 45.1 Å². The summed E-state index contributed by atoms with van der Waals surface area (Å²) in [6, 6.07) is 3.59. The first kappa shape index (κ1) is 24.0. The molecule has 4 nitrogen and oxygen atoms in total. The fraction of sp³-hybridized carbons (Fsp3) is 0.500. The van der Waals surface area contributed by atoms with Crippen LogP contribution in [0.3, 0.4) is 0 Å². The van der Waals surface area contributed by atoms with Gasteiger partial charge in [0.1, 0.15) is 22.6 Å². The van der Waals surface area contributed by atoms with Crippen LogP contribution in [0.5, 0.6) is 11.5 Å². The first-order valence-electron chi connectivity index (χ1n) is 8.92. The summed E-state index contributed by atoms with van der Waals surface area (Å²) in [6.07, 6.45) is 5.42. The van der Waals surface area contributed by atoms with Gasteiger partial charge in [-0.3, -0.25) is 10.3 Å². The molecule has 0 saturated heterocycles. The van der Waals surface area contributed by atoms with Gasteiger partial charge in [-0.15, -0.1) is 0 Å². The van der Waals surface area contributed by atoms with E-state index in [-0.39, 0.29) is 11.1 Å². The minimum atomic E-state index is 0.169. The van der Waals surface area contributed by atoms with Gasteiger partial charge < -0.3 is 9.47 Å². The highest BCUT2D eigenvalue weighted by Crippen LogP contribution is 2.33. The van der Waals surface area contributed by atoms with Crippen LogP contribution in [0.2, 0.25) is 5.02 Å². The van der Waals surface area contributed by atoms with E-state index in [1.54, 1.807) is 12.1 Å². The summed E-state index contributed by atoms with van der Waals surface area (Å²) in [5.74, 6) is 1.80. The van der Waals surface area contributed by atoms with Crippen LogP contribution in [0.1, 0.15) is 39.2 Å². The first-order valence-corrected chi connectivity index (χ1v) is 10.1. The Hall–Kier alpha value is -1.07. The predicted octanol–water partition coefficient (Wildman–Crippen LogP) is 6.59. The number of hydrogen-bond acceptors (Lipinski definition) is 4. The van der Waals surface area contributed by atoms with Crippen molar-refractivity contribution in [2.24, 2.45) is 5.92 Å². The Labute approximate surface area is 177 Å². The van der Waals surface area contributed by atoms with Gasteiger partial charge in [0, 0.05) is 11.8 Å². The van der Waals surface area contributed by atoms with Crippen LogP contribution < -0.4 is 15.0 Å². The lowest BCUT2D eigenvalue weighted by Crippen LogP contribution is -2.14. The monoisotopic (exact) mass is 435 g/mol. The molecule has 0 aliphatic rings. The zero-order chi connectivity index (χ0) is 20.2. The number of benzene rings is 1. The van der Waals surface area contributed by atoms with Crippen molar-refractivity contribution < 1.29 is 14.3 Å². The molecule has 152 valence electrons. The molecule has 1 aromatic carbocycles. The molecule has 0 spiro atoms. The Kier molecular flexibility index (Phi) is 11.7. The molecule has 0 radical (unpaired) electrons. The van der Waals surface area contributed by atoms with Gasteiger partial charge in [0.05, 0.1) is 18.2 Å². The third-order valence-corrected chi connectivity index (χ3v) is 3.98. The first-order chi connectivity index (χ1) is 12.8. The Balaban J connectivity index is 2.33. The van der Waals surface area contributed by atoms with E-state index < -0.39 is 0 Å². The number of allylic oxidation sites excluding steroid dienone is 2. The molecular weight excluding hydrogens is 409 g/mol. The number of nitrogens with one attached hydrogen (secondary N) is 1. The lowest BCUT2D eigenvalue weighted by atomic mass is 10.2. The predicted molar refractivity (Wildman–Crippen MR) is 114 cm³/mol. The summed E-state index contributed by atoms with van der Waals surface area (Å²) in [6.45, 7) is 9.62. The molecule has 7 heteroatoms. The normalized spacial score (nSPS) is 11.5. The molecule has 0 unspecified atom stereocenters. The molecule has 1 aromatic rings. The Bertz CT molecular complexity index is 618. The van der Waals surface area contributed by atoms with Crippen molar-refractivity contribution in [1.82, 2.24) is 5.48 Å². The second-order valence-corrected chi connectivity index (χ2v) is 7.87. The standard InChI is InChI=1S/C20H28Cl3NO3/c1-14(2)11-16(4)24-27-9-6-5-8-26-20-15(3)12-17(13-18(20)21)25-10-7-19(22)23/h7,11-14,24H,5-6,8-10H2,1-4H3. The van der Waals surface area contributed by atoms with E-state index in [1.165, 1.54) is 0 Å². The van der Waals surface area contributed by atoms with Gasteiger partial charge in [-0.25, -0.2) is 0 Å². The van der Waals surface area contributed by atoms with E-state index in [1.807, 2.05) is 19.9 Å². The highest BCUT2D eigenvalue weighted by molar-refractivity contribution is 6.55. The van der Waals surface area contributed by atoms with Crippen molar-refractivity contribution in [3.8, 4) is 11.5 Å². The van der Waals surface area contributed by atoms with E-state index in [2.05, 4.69) is 25.4 Å². The molecule has 0 saturated carbocycles. The zero-order valence-corrected chi connectivity index (χ0v) is 18.5. The fourth-order valence-electron chi connectivity index (χ4n) is 2.32. The number of halogens is 3. The summed E-state index contributed by atoms with van der Waals surface area (Å²) < 4.78 is 11.5. The molecular formula is C20H28Cl3NO3. The lowest BCUT2D eigenvalue weighted by Gasteiger charge is -2.13. The van der Waals surface area contributed by atoms with Crippen LogP contribution in [0.25, 0.3) is 0 Å². The quantitative estimate of drug-likeness (QED) is 0.296. The molecule has 0 aliphatic carbocycles. The summed E-state index contributed by atoms with van der Waals surface area (Å²) in [5, 5.41) is 0.512. The molecule has 0 aromatic heterocycles. The fourth-order valence-corrected chi connectivity index (χ4v) is 2.75. The molecule has 1 rings (SSSR count). The van der Waals surface area contributed by atoms with E-state index >= 15 is 0 Å². The number of hydroxylamine groups is 1. The van der Waals surface area contributed by atoms with Crippen molar-refractivity contribution in [3.63, 3.8) is 0 Å². The molecule has 1 N–H and O–H groups in total. The van der Waals surface area contributed by atoms with Gasteiger partial charge in [0.25, 0.3) is 0 Å². The van der Waals surface area contributed by atoms with Crippen molar-refractivity contribution in [1.29, 1.82) is 0 Å². The highest BCUT2D eigenvalue weighted by atomic mass is 35.5. The highest BCUT2D eigenvalue weighted by Gasteiger charge is 2.09. The third kappa shape index (κ3) is 10.7. The summed E-state index contributed by atoms with van der Waals surface area (Å²) in [4.78, 5) is 5.43. The average Bonchev–Trinajstić information content (AvgIpc) is 2.55. The lowest BCUT2D eigenvalue weighted by molar-refractivity contribution is 0.0578. The van der Waals surface area contributed by atoms with E-state index in [9.17, 15) is 0 Å². The summed E-state index contributed by atoms with van der Waals surface area (Å²) >= 11 is 17.4. The molecule has 0 amide bonds. The third-order valence-electron chi connectivity index (χ3n) is 3.39. The van der Waals surface area contributed by atoms with Gasteiger partial charge in [-0.05, 0) is 50.3 Å². The van der Waals surface area contributed by atoms with Crippen molar-refractivity contribution in [2.45, 2.75) is 40.5 Å². The van der Waals surface area contributed by atoms with Crippen LogP contribution in [0, 0.1) is 12.8 Å². The van der Waals surface area contributed by atoms with Crippen molar-refractivity contribution >= 4 is 34.8 Å². The molecule has 0 heterocycles. The zero-order valence-electron chi connectivity index (χ0n) is 16.3. The summed E-state index contributed by atoms with van der Waals surface area (Å²) in [7, 11) is 0. The molecule has 0 bridgehead atoms.